The Labute approximate surface area is 122 Å². The lowest BCUT2D eigenvalue weighted by atomic mass is 10.00. The average Bonchev–Trinajstić information content (AvgIpc) is 2.90. The quantitative estimate of drug-likeness (QED) is 0.846. The third-order valence-corrected chi connectivity index (χ3v) is 4.58. The molecule has 1 aromatic rings. The summed E-state index contributed by atoms with van der Waals surface area (Å²) in [4.78, 5) is 37.3. The van der Waals surface area contributed by atoms with Crippen molar-refractivity contribution in [1.29, 1.82) is 0 Å². The number of amides is 2. The van der Waals surface area contributed by atoms with Gasteiger partial charge in [-0.25, -0.2) is 4.79 Å². The van der Waals surface area contributed by atoms with E-state index in [2.05, 4.69) is 6.92 Å². The van der Waals surface area contributed by atoms with E-state index in [4.69, 9.17) is 0 Å². The number of aromatic carboxylic acids is 1. The summed E-state index contributed by atoms with van der Waals surface area (Å²) in [6.45, 7) is 3.74. The molecule has 1 saturated heterocycles. The van der Waals surface area contributed by atoms with Crippen molar-refractivity contribution in [3.63, 3.8) is 0 Å². The molecule has 21 heavy (non-hydrogen) atoms. The molecule has 1 N–H and O–H groups in total. The molecule has 0 aromatic heterocycles. The first-order valence-electron chi connectivity index (χ1n) is 7.12. The van der Waals surface area contributed by atoms with Crippen LogP contribution in [-0.4, -0.2) is 22.9 Å². The molecule has 110 valence electrons. The van der Waals surface area contributed by atoms with E-state index in [0.717, 1.165) is 12.8 Å². The number of aryl methyl sites for hydroxylation is 1. The first kappa shape index (κ1) is 13.8. The summed E-state index contributed by atoms with van der Waals surface area (Å²) in [6.07, 6.45) is 1.48. The summed E-state index contributed by atoms with van der Waals surface area (Å²) in [7, 11) is 0. The second-order valence-electron chi connectivity index (χ2n) is 6.11. The van der Waals surface area contributed by atoms with Crippen LogP contribution in [0.15, 0.2) is 18.2 Å². The number of carboxylic acids is 1. The topological polar surface area (TPSA) is 74.7 Å². The van der Waals surface area contributed by atoms with Crippen molar-refractivity contribution in [2.24, 2.45) is 17.8 Å². The lowest BCUT2D eigenvalue weighted by molar-refractivity contribution is -0.123. The maximum atomic E-state index is 12.5. The molecule has 2 unspecified atom stereocenters. The third kappa shape index (κ3) is 2.04. The fourth-order valence-electron chi connectivity index (χ4n) is 3.51. The first-order chi connectivity index (χ1) is 9.90. The standard InChI is InChI=1S/C16H17NO4/c1-8-5-12-13(6-8)15(19)17(14(12)18)10-4-3-9(2)11(7-10)16(20)21/h3-4,7-8,12-13H,5-6H2,1-2H3,(H,20,21). The molecule has 5 nitrogen and oxygen atoms in total. The van der Waals surface area contributed by atoms with E-state index in [0.29, 0.717) is 17.2 Å². The predicted octanol–water partition coefficient (Wildman–Crippen LogP) is 2.23. The number of rotatable bonds is 2. The number of imide groups is 1. The Kier molecular flexibility index (Phi) is 3.08. The predicted molar refractivity (Wildman–Crippen MR) is 76.0 cm³/mol. The van der Waals surface area contributed by atoms with Gasteiger partial charge in [0.1, 0.15) is 0 Å². The number of fused-ring (bicyclic) bond motifs is 1. The molecule has 1 heterocycles. The second-order valence-corrected chi connectivity index (χ2v) is 6.11. The minimum absolute atomic E-state index is 0.124. The molecule has 2 fully saturated rings. The van der Waals surface area contributed by atoms with E-state index in [-0.39, 0.29) is 29.2 Å². The van der Waals surface area contributed by atoms with Crippen LogP contribution in [0.1, 0.15) is 35.7 Å². The zero-order valence-electron chi connectivity index (χ0n) is 12.0. The maximum absolute atomic E-state index is 12.5. The van der Waals surface area contributed by atoms with Gasteiger partial charge in [-0.1, -0.05) is 13.0 Å². The molecule has 0 spiro atoms. The minimum atomic E-state index is -1.05. The molecule has 1 saturated carbocycles. The van der Waals surface area contributed by atoms with Crippen molar-refractivity contribution in [3.8, 4) is 0 Å². The Morgan fingerprint density at radius 3 is 2.29 bits per heavy atom. The van der Waals surface area contributed by atoms with Crippen LogP contribution in [0.4, 0.5) is 5.69 Å². The van der Waals surface area contributed by atoms with Crippen molar-refractivity contribution in [1.82, 2.24) is 0 Å². The Morgan fingerprint density at radius 1 is 1.19 bits per heavy atom. The molecule has 1 aliphatic carbocycles. The fraction of sp³-hybridized carbons (Fsp3) is 0.438. The number of carbonyl (C=O) groups is 3. The maximum Gasteiger partial charge on any atom is 0.336 e. The third-order valence-electron chi connectivity index (χ3n) is 4.58. The van der Waals surface area contributed by atoms with E-state index in [1.54, 1.807) is 19.1 Å². The summed E-state index contributed by atoms with van der Waals surface area (Å²) in [5.41, 5.74) is 1.10. The smallest absolute Gasteiger partial charge is 0.336 e. The van der Waals surface area contributed by atoms with Gasteiger partial charge in [0.25, 0.3) is 0 Å². The molecule has 1 aromatic carbocycles. The van der Waals surface area contributed by atoms with Crippen LogP contribution in [0.3, 0.4) is 0 Å². The average molecular weight is 287 g/mol. The van der Waals surface area contributed by atoms with Crippen LogP contribution < -0.4 is 4.90 Å². The van der Waals surface area contributed by atoms with Gasteiger partial charge in [0.05, 0.1) is 23.1 Å². The highest BCUT2D eigenvalue weighted by molar-refractivity contribution is 6.22. The van der Waals surface area contributed by atoms with Crippen LogP contribution in [0.25, 0.3) is 0 Å². The van der Waals surface area contributed by atoms with Gasteiger partial charge in [0, 0.05) is 0 Å². The highest BCUT2D eigenvalue weighted by atomic mass is 16.4. The lowest BCUT2D eigenvalue weighted by Crippen LogP contribution is -2.32. The van der Waals surface area contributed by atoms with Crippen LogP contribution in [0.2, 0.25) is 0 Å². The number of carbonyl (C=O) groups excluding carboxylic acids is 2. The SMILES string of the molecule is Cc1ccc(N2C(=O)C3CC(C)CC3C2=O)cc1C(=O)O. The Morgan fingerprint density at radius 2 is 1.76 bits per heavy atom. The molecule has 3 rings (SSSR count). The van der Waals surface area contributed by atoms with Crippen molar-refractivity contribution in [3.05, 3.63) is 29.3 Å². The molecule has 5 heteroatoms. The minimum Gasteiger partial charge on any atom is -0.478 e. The summed E-state index contributed by atoms with van der Waals surface area (Å²) in [5.74, 6) is -1.50. The van der Waals surface area contributed by atoms with Crippen molar-refractivity contribution in [2.45, 2.75) is 26.7 Å². The number of carboxylic acid groups (broad SMARTS) is 1. The molecule has 2 atom stereocenters. The zero-order valence-corrected chi connectivity index (χ0v) is 12.0. The normalized spacial score (nSPS) is 28.1. The number of anilines is 1. The van der Waals surface area contributed by atoms with Crippen LogP contribution in [0, 0.1) is 24.7 Å². The van der Waals surface area contributed by atoms with Crippen molar-refractivity contribution >= 4 is 23.5 Å². The molecule has 1 aliphatic heterocycles. The van der Waals surface area contributed by atoms with Gasteiger partial charge in [-0.3, -0.25) is 14.5 Å². The van der Waals surface area contributed by atoms with Gasteiger partial charge in [-0.2, -0.15) is 0 Å². The van der Waals surface area contributed by atoms with Gasteiger partial charge >= 0.3 is 5.97 Å². The summed E-state index contributed by atoms with van der Waals surface area (Å²) in [6, 6.07) is 4.69. The van der Waals surface area contributed by atoms with Gasteiger partial charge in [0.2, 0.25) is 11.8 Å². The molecule has 2 amide bonds. The number of hydrogen-bond acceptors (Lipinski definition) is 3. The van der Waals surface area contributed by atoms with Gasteiger partial charge in [-0.15, -0.1) is 0 Å². The van der Waals surface area contributed by atoms with E-state index in [9.17, 15) is 19.5 Å². The molecule has 0 bridgehead atoms. The van der Waals surface area contributed by atoms with Gasteiger partial charge in [-0.05, 0) is 43.4 Å². The summed E-state index contributed by atoms with van der Waals surface area (Å²) < 4.78 is 0. The zero-order chi connectivity index (χ0) is 15.3. The number of benzene rings is 1. The van der Waals surface area contributed by atoms with Crippen LogP contribution >= 0.6 is 0 Å². The fourth-order valence-corrected chi connectivity index (χ4v) is 3.51. The summed E-state index contributed by atoms with van der Waals surface area (Å²) >= 11 is 0. The lowest BCUT2D eigenvalue weighted by Gasteiger charge is -2.18. The second kappa shape index (κ2) is 4.69. The molecule has 0 radical (unpaired) electrons. The van der Waals surface area contributed by atoms with Crippen LogP contribution in [0.5, 0.6) is 0 Å². The van der Waals surface area contributed by atoms with E-state index >= 15 is 0 Å². The highest BCUT2D eigenvalue weighted by Crippen LogP contribution is 2.44. The Hall–Kier alpha value is -2.17. The largest absolute Gasteiger partial charge is 0.478 e. The van der Waals surface area contributed by atoms with Crippen LogP contribution in [-0.2, 0) is 9.59 Å². The molecular weight excluding hydrogens is 270 g/mol. The van der Waals surface area contributed by atoms with E-state index < -0.39 is 5.97 Å². The number of nitrogens with zero attached hydrogens (tertiary/aromatic N) is 1. The first-order valence-corrected chi connectivity index (χ1v) is 7.12. The monoisotopic (exact) mass is 287 g/mol. The van der Waals surface area contributed by atoms with Crippen molar-refractivity contribution in [2.75, 3.05) is 4.90 Å². The van der Waals surface area contributed by atoms with Crippen molar-refractivity contribution < 1.29 is 19.5 Å². The summed E-state index contributed by atoms with van der Waals surface area (Å²) in [5, 5.41) is 9.17. The number of hydrogen-bond donors (Lipinski definition) is 1. The van der Waals surface area contributed by atoms with Gasteiger partial charge < -0.3 is 5.11 Å². The molecule has 2 aliphatic rings. The highest BCUT2D eigenvalue weighted by Gasteiger charge is 2.52. The van der Waals surface area contributed by atoms with E-state index in [1.807, 2.05) is 0 Å². The van der Waals surface area contributed by atoms with Gasteiger partial charge in [0.15, 0.2) is 0 Å². The Bertz CT molecular complexity index is 628. The molecular formula is C16H17NO4. The Balaban J connectivity index is 1.99. The van der Waals surface area contributed by atoms with E-state index in [1.165, 1.54) is 11.0 Å².